The van der Waals surface area contributed by atoms with E-state index in [4.69, 9.17) is 20.9 Å². The van der Waals surface area contributed by atoms with Gasteiger partial charge in [0, 0.05) is 6.54 Å². The SMILES string of the molecule is CCS(=O)(=O)NCC(N)(CCCCB(O)O)C(=O)O. The zero-order chi connectivity index (χ0) is 15.1. The summed E-state index contributed by atoms with van der Waals surface area (Å²) < 4.78 is 24.7. The van der Waals surface area contributed by atoms with Crippen LogP contribution in [-0.4, -0.2) is 54.5 Å². The van der Waals surface area contributed by atoms with Gasteiger partial charge in [0.2, 0.25) is 10.0 Å². The number of aliphatic carboxylic acids is 1. The van der Waals surface area contributed by atoms with E-state index >= 15 is 0 Å². The largest absolute Gasteiger partial charge is 0.480 e. The number of sulfonamides is 1. The standard InChI is InChI=1S/C9H21BN2O6S/c1-2-19(17,18)12-7-9(11,8(13)14)5-3-4-6-10(15)16/h12,15-16H,2-7,11H2,1H3,(H,13,14). The number of carboxylic acid groups (broad SMARTS) is 1. The highest BCUT2D eigenvalue weighted by Crippen LogP contribution is 2.13. The Morgan fingerprint density at radius 1 is 1.37 bits per heavy atom. The van der Waals surface area contributed by atoms with Crippen LogP contribution in [0.4, 0.5) is 0 Å². The Hall–Kier alpha value is -0.675. The maximum Gasteiger partial charge on any atom is 0.451 e. The van der Waals surface area contributed by atoms with Gasteiger partial charge in [0.1, 0.15) is 5.54 Å². The minimum absolute atomic E-state index is 0.0429. The van der Waals surface area contributed by atoms with E-state index in [-0.39, 0.29) is 25.0 Å². The van der Waals surface area contributed by atoms with Gasteiger partial charge in [-0.25, -0.2) is 13.1 Å². The molecule has 0 fully saturated rings. The highest BCUT2D eigenvalue weighted by Gasteiger charge is 2.34. The fraction of sp³-hybridized carbons (Fsp3) is 0.889. The quantitative estimate of drug-likeness (QED) is 0.239. The summed E-state index contributed by atoms with van der Waals surface area (Å²) >= 11 is 0. The van der Waals surface area contributed by atoms with E-state index in [1.165, 1.54) is 6.92 Å². The zero-order valence-corrected chi connectivity index (χ0v) is 11.7. The monoisotopic (exact) mass is 296 g/mol. The molecule has 10 heteroatoms. The maximum absolute atomic E-state index is 11.3. The van der Waals surface area contributed by atoms with Crippen LogP contribution < -0.4 is 10.5 Å². The van der Waals surface area contributed by atoms with Gasteiger partial charge in [0.05, 0.1) is 5.75 Å². The van der Waals surface area contributed by atoms with Crippen molar-refractivity contribution in [1.82, 2.24) is 4.72 Å². The third-order valence-corrected chi connectivity index (χ3v) is 4.09. The second-order valence-corrected chi connectivity index (χ2v) is 6.51. The number of hydrogen-bond donors (Lipinski definition) is 5. The zero-order valence-electron chi connectivity index (χ0n) is 10.9. The molecule has 19 heavy (non-hydrogen) atoms. The minimum Gasteiger partial charge on any atom is -0.480 e. The lowest BCUT2D eigenvalue weighted by atomic mass is 9.82. The van der Waals surface area contributed by atoms with Crippen molar-refractivity contribution in [3.05, 3.63) is 0 Å². The molecule has 0 saturated heterocycles. The Kier molecular flexibility index (Phi) is 7.53. The van der Waals surface area contributed by atoms with Gasteiger partial charge in [0.15, 0.2) is 0 Å². The molecule has 1 unspecified atom stereocenters. The summed E-state index contributed by atoms with van der Waals surface area (Å²) in [5.74, 6) is -1.45. The van der Waals surface area contributed by atoms with Gasteiger partial charge in [-0.2, -0.15) is 0 Å². The van der Waals surface area contributed by atoms with Crippen molar-refractivity contribution in [1.29, 1.82) is 0 Å². The normalized spacial score (nSPS) is 14.9. The topological polar surface area (TPSA) is 150 Å². The second-order valence-electron chi connectivity index (χ2n) is 4.41. The van der Waals surface area contributed by atoms with Crippen LogP contribution in [0.3, 0.4) is 0 Å². The van der Waals surface area contributed by atoms with Gasteiger partial charge < -0.3 is 20.9 Å². The summed E-state index contributed by atoms with van der Waals surface area (Å²) in [6.07, 6.45) is 0.913. The van der Waals surface area contributed by atoms with E-state index in [0.29, 0.717) is 12.8 Å². The van der Waals surface area contributed by atoms with Crippen LogP contribution in [-0.2, 0) is 14.8 Å². The fourth-order valence-corrected chi connectivity index (χ4v) is 2.06. The van der Waals surface area contributed by atoms with Gasteiger partial charge in [-0.1, -0.05) is 12.8 Å². The van der Waals surface area contributed by atoms with Crippen molar-refractivity contribution in [2.45, 2.75) is 38.0 Å². The first kappa shape index (κ1) is 18.3. The Labute approximate surface area is 113 Å². The van der Waals surface area contributed by atoms with Crippen LogP contribution in [0.15, 0.2) is 0 Å². The Bertz CT molecular complexity index is 388. The second kappa shape index (κ2) is 7.80. The maximum atomic E-state index is 11.3. The summed E-state index contributed by atoms with van der Waals surface area (Å²) in [5, 5.41) is 26.4. The number of nitrogens with one attached hydrogen (secondary N) is 1. The Morgan fingerprint density at radius 2 is 1.95 bits per heavy atom. The van der Waals surface area contributed by atoms with Gasteiger partial charge in [-0.15, -0.1) is 0 Å². The van der Waals surface area contributed by atoms with Gasteiger partial charge in [-0.3, -0.25) is 4.79 Å². The molecular weight excluding hydrogens is 275 g/mol. The van der Waals surface area contributed by atoms with Gasteiger partial charge >= 0.3 is 13.1 Å². The molecule has 0 aromatic rings. The molecule has 0 radical (unpaired) electrons. The predicted molar refractivity (Wildman–Crippen MR) is 70.9 cm³/mol. The lowest BCUT2D eigenvalue weighted by molar-refractivity contribution is -0.143. The summed E-state index contributed by atoms with van der Waals surface area (Å²) in [6.45, 7) is 1.05. The fourth-order valence-electron chi connectivity index (χ4n) is 1.38. The van der Waals surface area contributed by atoms with Crippen LogP contribution in [0.5, 0.6) is 0 Å². The van der Waals surface area contributed by atoms with Crippen LogP contribution in [0.25, 0.3) is 0 Å². The van der Waals surface area contributed by atoms with E-state index < -0.39 is 28.6 Å². The number of unbranched alkanes of at least 4 members (excludes halogenated alkanes) is 1. The molecule has 112 valence electrons. The van der Waals surface area contributed by atoms with Crippen molar-refractivity contribution in [2.24, 2.45) is 5.73 Å². The molecule has 8 nitrogen and oxygen atoms in total. The molecule has 0 aliphatic heterocycles. The number of rotatable bonds is 10. The third kappa shape index (κ3) is 7.48. The summed E-state index contributed by atoms with van der Waals surface area (Å²) in [7, 11) is -4.94. The number of hydrogen-bond acceptors (Lipinski definition) is 6. The minimum atomic E-state index is -3.50. The first-order chi connectivity index (χ1) is 8.63. The van der Waals surface area contributed by atoms with E-state index in [1.807, 2.05) is 0 Å². The average molecular weight is 296 g/mol. The Balaban J connectivity index is 4.39. The van der Waals surface area contributed by atoms with E-state index in [1.54, 1.807) is 0 Å². The highest BCUT2D eigenvalue weighted by atomic mass is 32.2. The Morgan fingerprint density at radius 3 is 2.37 bits per heavy atom. The third-order valence-electron chi connectivity index (χ3n) is 2.75. The first-order valence-electron chi connectivity index (χ1n) is 5.98. The first-order valence-corrected chi connectivity index (χ1v) is 7.64. The molecular formula is C9H21BN2O6S. The number of carboxylic acids is 1. The molecule has 0 bridgehead atoms. The summed E-state index contributed by atoms with van der Waals surface area (Å²) in [4.78, 5) is 11.1. The average Bonchev–Trinajstić information content (AvgIpc) is 2.32. The molecule has 0 aromatic heterocycles. The van der Waals surface area contributed by atoms with Crippen molar-refractivity contribution >= 4 is 23.1 Å². The van der Waals surface area contributed by atoms with Gasteiger partial charge in [-0.05, 0) is 19.7 Å². The molecule has 0 aliphatic carbocycles. The molecule has 0 saturated carbocycles. The molecule has 0 amide bonds. The van der Waals surface area contributed by atoms with Crippen LogP contribution >= 0.6 is 0 Å². The molecule has 0 rings (SSSR count). The van der Waals surface area contributed by atoms with Crippen molar-refractivity contribution in [2.75, 3.05) is 12.3 Å². The van der Waals surface area contributed by atoms with Crippen LogP contribution in [0.2, 0.25) is 6.32 Å². The van der Waals surface area contributed by atoms with E-state index in [9.17, 15) is 13.2 Å². The molecule has 6 N–H and O–H groups in total. The summed E-state index contributed by atoms with van der Waals surface area (Å²) in [5.41, 5.74) is 3.98. The van der Waals surface area contributed by atoms with Crippen molar-refractivity contribution in [3.8, 4) is 0 Å². The molecule has 0 aliphatic rings. The van der Waals surface area contributed by atoms with E-state index in [2.05, 4.69) is 4.72 Å². The smallest absolute Gasteiger partial charge is 0.451 e. The highest BCUT2D eigenvalue weighted by molar-refractivity contribution is 7.89. The summed E-state index contributed by atoms with van der Waals surface area (Å²) in [6, 6.07) is 0. The van der Waals surface area contributed by atoms with Crippen LogP contribution in [0, 0.1) is 0 Å². The van der Waals surface area contributed by atoms with Crippen molar-refractivity contribution in [3.63, 3.8) is 0 Å². The predicted octanol–water partition coefficient (Wildman–Crippen LogP) is -1.65. The molecule has 0 heterocycles. The number of carbonyl (C=O) groups is 1. The molecule has 1 atom stereocenters. The molecule has 0 aromatic carbocycles. The van der Waals surface area contributed by atoms with E-state index in [0.717, 1.165) is 0 Å². The number of nitrogens with two attached hydrogens (primary N) is 1. The lowest BCUT2D eigenvalue weighted by Gasteiger charge is -2.24. The lowest BCUT2D eigenvalue weighted by Crippen LogP contribution is -2.56. The van der Waals surface area contributed by atoms with Crippen LogP contribution in [0.1, 0.15) is 26.2 Å². The van der Waals surface area contributed by atoms with Gasteiger partial charge in [0.25, 0.3) is 0 Å². The molecule has 0 spiro atoms. The van der Waals surface area contributed by atoms with Crippen molar-refractivity contribution < 1.29 is 28.4 Å².